The number of benzene rings is 4. The molecule has 4 aromatic carbocycles. The molecule has 1 spiro atoms. The van der Waals surface area contributed by atoms with E-state index in [0.717, 1.165) is 19.3 Å². The summed E-state index contributed by atoms with van der Waals surface area (Å²) >= 11 is 17.5. The zero-order valence-corrected chi connectivity index (χ0v) is 32.6. The molecular weight excluding hydrogens is 765 g/mol. The van der Waals surface area contributed by atoms with E-state index in [4.69, 9.17) is 36.7 Å². The number of thiocarbonyl (C=S) groups is 3. The molecule has 0 atom stereocenters. The van der Waals surface area contributed by atoms with Crippen LogP contribution in [0.4, 0.5) is 22.7 Å². The van der Waals surface area contributed by atoms with Crippen LogP contribution in [0.2, 0.25) is 0 Å². The van der Waals surface area contributed by atoms with Gasteiger partial charge in [-0.3, -0.25) is 49.6 Å². The minimum atomic E-state index is -1.20. The molecule has 0 radical (unpaired) electrons. The Bertz CT molecular complexity index is 1920. The summed E-state index contributed by atoms with van der Waals surface area (Å²) in [4.78, 5) is 63.9. The van der Waals surface area contributed by atoms with Gasteiger partial charge >= 0.3 is 0 Å². The van der Waals surface area contributed by atoms with Crippen molar-refractivity contribution in [3.05, 3.63) is 121 Å². The lowest BCUT2D eigenvalue weighted by atomic mass is 9.85. The van der Waals surface area contributed by atoms with Crippen molar-refractivity contribution in [1.82, 2.24) is 20.9 Å². The fraction of sp³-hybridized carbons (Fsp3) is 0.244. The molecule has 3 aliphatic heterocycles. The van der Waals surface area contributed by atoms with Crippen molar-refractivity contribution >= 4 is 98.4 Å². The van der Waals surface area contributed by atoms with Crippen molar-refractivity contribution in [2.24, 2.45) is 11.8 Å². The van der Waals surface area contributed by atoms with Gasteiger partial charge in [0.25, 0.3) is 0 Å². The van der Waals surface area contributed by atoms with Crippen molar-refractivity contribution in [3.8, 4) is 0 Å². The molecule has 284 valence electrons. The summed E-state index contributed by atoms with van der Waals surface area (Å²) in [6, 6.07) is 36.1. The number of nitrogens with one attached hydrogen (secondary N) is 2. The van der Waals surface area contributed by atoms with E-state index in [1.165, 1.54) is 19.6 Å². The predicted molar refractivity (Wildman–Crippen MR) is 226 cm³/mol. The maximum absolute atomic E-state index is 14.6. The van der Waals surface area contributed by atoms with Crippen molar-refractivity contribution < 1.29 is 19.2 Å². The number of hydrogen-bond donors (Lipinski definition) is 2. The third kappa shape index (κ3) is 6.64. The van der Waals surface area contributed by atoms with Crippen molar-refractivity contribution in [2.45, 2.75) is 37.8 Å². The number of hydrazine groups is 2. The maximum atomic E-state index is 14.6. The van der Waals surface area contributed by atoms with E-state index < -0.39 is 41.1 Å². The first kappa shape index (κ1) is 37.5. The van der Waals surface area contributed by atoms with E-state index in [1.807, 2.05) is 82.8 Å². The van der Waals surface area contributed by atoms with Crippen LogP contribution in [0.15, 0.2) is 121 Å². The Morgan fingerprint density at radius 2 is 0.750 bits per heavy atom. The fourth-order valence-corrected chi connectivity index (χ4v) is 9.06. The van der Waals surface area contributed by atoms with Crippen LogP contribution in [0.1, 0.15) is 32.1 Å². The van der Waals surface area contributed by atoms with E-state index in [1.54, 1.807) is 48.5 Å². The van der Waals surface area contributed by atoms with Crippen molar-refractivity contribution in [2.75, 3.05) is 32.7 Å². The number of nitrogens with zero attached hydrogens (tertiary/aromatic N) is 6. The van der Waals surface area contributed by atoms with Gasteiger partial charge in [0.2, 0.25) is 23.6 Å². The summed E-state index contributed by atoms with van der Waals surface area (Å²) in [5.74, 6) is -4.27. The third-order valence-corrected chi connectivity index (χ3v) is 11.7. The van der Waals surface area contributed by atoms with Gasteiger partial charge < -0.3 is 0 Å². The number of amides is 4. The molecule has 4 amide bonds. The summed E-state index contributed by atoms with van der Waals surface area (Å²) in [6.45, 7) is -0.150. The number of carbonyl (C=O) groups excluding carboxylic acids is 4. The highest BCUT2D eigenvalue weighted by Gasteiger charge is 2.55. The van der Waals surface area contributed by atoms with Crippen LogP contribution in [0, 0.1) is 11.8 Å². The SMILES string of the molecule is O=C1C(CN2NC(=S)NN(CC3C(=O)N(c4ccccc4)C(=S)N(c4ccccc4)C3=O)C23CCCCC3)C(=O)N(c2ccccc2)C(=S)N1c1ccccc1. The smallest absolute Gasteiger partial charge is 0.247 e. The summed E-state index contributed by atoms with van der Waals surface area (Å²) in [7, 11) is 0. The summed E-state index contributed by atoms with van der Waals surface area (Å²) in [6.07, 6.45) is 3.77. The van der Waals surface area contributed by atoms with Gasteiger partial charge in [0.1, 0.15) is 17.5 Å². The Morgan fingerprint density at radius 3 is 1.04 bits per heavy atom. The highest BCUT2D eigenvalue weighted by Crippen LogP contribution is 2.40. The molecule has 15 heteroatoms. The van der Waals surface area contributed by atoms with Gasteiger partial charge in [-0.15, -0.1) is 0 Å². The van der Waals surface area contributed by atoms with Crippen molar-refractivity contribution in [3.63, 3.8) is 0 Å². The number of para-hydroxylation sites is 4. The number of hydrogen-bond acceptors (Lipinski definition) is 9. The lowest BCUT2D eigenvalue weighted by molar-refractivity contribution is -0.157. The molecule has 0 bridgehead atoms. The van der Waals surface area contributed by atoms with Gasteiger partial charge in [0.05, 0.1) is 22.7 Å². The highest BCUT2D eigenvalue weighted by atomic mass is 32.1. The molecule has 8 rings (SSSR count). The number of carbonyl (C=O) groups is 4. The Kier molecular flexibility index (Phi) is 10.4. The maximum Gasteiger partial charge on any atom is 0.247 e. The number of anilines is 4. The predicted octanol–water partition coefficient (Wildman–Crippen LogP) is 5.52. The average Bonchev–Trinajstić information content (AvgIpc) is 3.22. The molecule has 4 aliphatic rings. The summed E-state index contributed by atoms with van der Waals surface area (Å²) in [5.41, 5.74) is 7.81. The first-order chi connectivity index (χ1) is 27.2. The standard InChI is InChI=1S/C41H38N8O4S3/c50-34-32(35(51)47(29-18-8-2-9-19-29)39(55)46(34)28-16-6-1-7-17-28)26-44-41(24-14-5-15-25-41)45(43-38(54)42-44)27-33-36(52)48(30-20-10-3-11-21-30)40(56)49(37(33)53)31-22-12-4-13-23-31/h1-4,6-13,16-23,32-33H,5,14-15,24-27H2,(H2,42,43,54). The lowest BCUT2D eigenvalue weighted by Gasteiger charge is -2.57. The van der Waals surface area contributed by atoms with Crippen molar-refractivity contribution in [1.29, 1.82) is 0 Å². The molecule has 3 heterocycles. The largest absolute Gasteiger partial charge is 0.293 e. The lowest BCUT2D eigenvalue weighted by Crippen LogP contribution is -2.79. The molecule has 1 aliphatic carbocycles. The van der Waals surface area contributed by atoms with Crippen LogP contribution in [0.5, 0.6) is 0 Å². The van der Waals surface area contributed by atoms with Crippen LogP contribution in [-0.2, 0) is 19.2 Å². The monoisotopic (exact) mass is 802 g/mol. The van der Waals surface area contributed by atoms with Crippen LogP contribution in [0.3, 0.4) is 0 Å². The summed E-state index contributed by atoms with van der Waals surface area (Å²) in [5, 5.41) is 4.03. The van der Waals surface area contributed by atoms with Crippen LogP contribution < -0.4 is 30.5 Å². The van der Waals surface area contributed by atoms with Crippen LogP contribution >= 0.6 is 36.7 Å². The fourth-order valence-electron chi connectivity index (χ4n) is 8.06. The van der Waals surface area contributed by atoms with E-state index >= 15 is 0 Å². The third-order valence-electron chi connectivity index (χ3n) is 10.8. The first-order valence-corrected chi connectivity index (χ1v) is 19.7. The quantitative estimate of drug-likeness (QED) is 0.174. The second-order valence-electron chi connectivity index (χ2n) is 14.0. The van der Waals surface area contributed by atoms with Crippen LogP contribution in [-0.4, -0.2) is 67.7 Å². The average molecular weight is 803 g/mol. The zero-order chi connectivity index (χ0) is 39.0. The van der Waals surface area contributed by atoms with Gasteiger partial charge in [-0.1, -0.05) is 92.1 Å². The minimum absolute atomic E-state index is 0.0598. The Hall–Kier alpha value is -5.45. The van der Waals surface area contributed by atoms with Gasteiger partial charge in [-0.25, -0.2) is 0 Å². The molecule has 56 heavy (non-hydrogen) atoms. The van der Waals surface area contributed by atoms with Gasteiger partial charge in [-0.05, 0) is 98.0 Å². The molecule has 4 aromatic rings. The van der Waals surface area contributed by atoms with Gasteiger partial charge in [0.15, 0.2) is 15.3 Å². The zero-order valence-electron chi connectivity index (χ0n) is 30.2. The second-order valence-corrected chi connectivity index (χ2v) is 15.2. The molecular formula is C41H38N8O4S3. The Labute approximate surface area is 340 Å². The minimum Gasteiger partial charge on any atom is -0.293 e. The first-order valence-electron chi connectivity index (χ1n) is 18.5. The van der Waals surface area contributed by atoms with Crippen LogP contribution in [0.25, 0.3) is 0 Å². The number of rotatable bonds is 8. The second kappa shape index (κ2) is 15.6. The Balaban J connectivity index is 1.16. The Morgan fingerprint density at radius 1 is 0.464 bits per heavy atom. The molecule has 1 saturated carbocycles. The topological polar surface area (TPSA) is 112 Å². The van der Waals surface area contributed by atoms with E-state index in [2.05, 4.69) is 10.9 Å². The molecule has 3 saturated heterocycles. The van der Waals surface area contributed by atoms with E-state index in [9.17, 15) is 19.2 Å². The van der Waals surface area contributed by atoms with Gasteiger partial charge in [-0.2, -0.15) is 10.0 Å². The normalized spacial score (nSPS) is 20.2. The molecule has 0 unspecified atom stereocenters. The molecule has 2 N–H and O–H groups in total. The molecule has 12 nitrogen and oxygen atoms in total. The highest BCUT2D eigenvalue weighted by molar-refractivity contribution is 7.81. The molecule has 4 fully saturated rings. The summed E-state index contributed by atoms with van der Waals surface area (Å²) < 4.78 is 0. The van der Waals surface area contributed by atoms with E-state index in [0.29, 0.717) is 35.6 Å². The molecule has 0 aromatic heterocycles. The van der Waals surface area contributed by atoms with E-state index in [-0.39, 0.29) is 28.4 Å². The van der Waals surface area contributed by atoms with Gasteiger partial charge in [0, 0.05) is 13.1 Å².